The summed E-state index contributed by atoms with van der Waals surface area (Å²) in [6.45, 7) is 4.03. The van der Waals surface area contributed by atoms with Gasteiger partial charge in [0.05, 0.1) is 6.61 Å². The maximum Gasteiger partial charge on any atom is 0.306 e. The Kier molecular flexibility index (Phi) is 5.43. The SMILES string of the molecule is CCOC(=O)CC(C)CC=O. The molecule has 0 saturated heterocycles. The van der Waals surface area contributed by atoms with Crippen LogP contribution >= 0.6 is 0 Å². The molecule has 0 rings (SSSR count). The van der Waals surface area contributed by atoms with Gasteiger partial charge in [0.2, 0.25) is 0 Å². The molecule has 0 aromatic carbocycles. The molecule has 0 N–H and O–H groups in total. The molecular formula is C8H14O3. The van der Waals surface area contributed by atoms with E-state index in [0.717, 1.165) is 6.29 Å². The largest absolute Gasteiger partial charge is 0.466 e. The van der Waals surface area contributed by atoms with E-state index in [1.165, 1.54) is 0 Å². The average molecular weight is 158 g/mol. The van der Waals surface area contributed by atoms with E-state index in [1.54, 1.807) is 6.92 Å². The Morgan fingerprint density at radius 1 is 1.64 bits per heavy atom. The average Bonchev–Trinajstić information content (AvgIpc) is 1.87. The van der Waals surface area contributed by atoms with Crippen molar-refractivity contribution in [2.45, 2.75) is 26.7 Å². The van der Waals surface area contributed by atoms with Crippen LogP contribution in [0.4, 0.5) is 0 Å². The Morgan fingerprint density at radius 2 is 2.27 bits per heavy atom. The van der Waals surface area contributed by atoms with Gasteiger partial charge in [0.25, 0.3) is 0 Å². The molecule has 0 spiro atoms. The van der Waals surface area contributed by atoms with Gasteiger partial charge in [-0.05, 0) is 12.8 Å². The van der Waals surface area contributed by atoms with Gasteiger partial charge < -0.3 is 9.53 Å². The molecule has 0 aliphatic carbocycles. The second-order valence-electron chi connectivity index (χ2n) is 2.52. The zero-order chi connectivity index (χ0) is 8.69. The molecule has 0 heterocycles. The van der Waals surface area contributed by atoms with Crippen molar-refractivity contribution in [1.82, 2.24) is 0 Å². The summed E-state index contributed by atoms with van der Waals surface area (Å²) in [6, 6.07) is 0. The highest BCUT2D eigenvalue weighted by Gasteiger charge is 2.08. The van der Waals surface area contributed by atoms with Crippen LogP contribution in [0.1, 0.15) is 26.7 Å². The maximum absolute atomic E-state index is 10.8. The van der Waals surface area contributed by atoms with E-state index in [-0.39, 0.29) is 11.9 Å². The van der Waals surface area contributed by atoms with Crippen LogP contribution in [-0.2, 0) is 14.3 Å². The first kappa shape index (κ1) is 10.1. The first-order valence-corrected chi connectivity index (χ1v) is 3.80. The third-order valence-electron chi connectivity index (χ3n) is 1.32. The summed E-state index contributed by atoms with van der Waals surface area (Å²) in [4.78, 5) is 20.8. The fourth-order valence-electron chi connectivity index (χ4n) is 0.752. The lowest BCUT2D eigenvalue weighted by atomic mass is 10.1. The number of aldehydes is 1. The van der Waals surface area contributed by atoms with Crippen molar-refractivity contribution >= 4 is 12.3 Å². The Bertz CT molecular complexity index is 131. The highest BCUT2D eigenvalue weighted by molar-refractivity contribution is 5.70. The molecule has 0 aliphatic rings. The monoisotopic (exact) mass is 158 g/mol. The molecule has 0 amide bonds. The van der Waals surface area contributed by atoms with Crippen molar-refractivity contribution in [2.24, 2.45) is 5.92 Å². The van der Waals surface area contributed by atoms with E-state index in [1.807, 2.05) is 6.92 Å². The molecule has 0 aromatic rings. The summed E-state index contributed by atoms with van der Waals surface area (Å²) < 4.78 is 4.70. The van der Waals surface area contributed by atoms with E-state index in [2.05, 4.69) is 0 Å². The first-order valence-electron chi connectivity index (χ1n) is 3.80. The molecule has 64 valence electrons. The molecular weight excluding hydrogens is 144 g/mol. The third kappa shape index (κ3) is 5.58. The van der Waals surface area contributed by atoms with Gasteiger partial charge in [0, 0.05) is 12.8 Å². The van der Waals surface area contributed by atoms with E-state index < -0.39 is 0 Å². The molecule has 1 unspecified atom stereocenters. The van der Waals surface area contributed by atoms with E-state index in [0.29, 0.717) is 19.4 Å². The van der Waals surface area contributed by atoms with Crippen LogP contribution in [0.15, 0.2) is 0 Å². The predicted octanol–water partition coefficient (Wildman–Crippen LogP) is 1.16. The van der Waals surface area contributed by atoms with Crippen molar-refractivity contribution < 1.29 is 14.3 Å². The zero-order valence-corrected chi connectivity index (χ0v) is 7.00. The lowest BCUT2D eigenvalue weighted by Crippen LogP contribution is -2.09. The van der Waals surface area contributed by atoms with Crippen LogP contribution in [0.3, 0.4) is 0 Å². The van der Waals surface area contributed by atoms with Gasteiger partial charge in [-0.15, -0.1) is 0 Å². The fraction of sp³-hybridized carbons (Fsp3) is 0.750. The summed E-state index contributed by atoms with van der Waals surface area (Å²) >= 11 is 0. The van der Waals surface area contributed by atoms with Gasteiger partial charge in [-0.25, -0.2) is 0 Å². The lowest BCUT2D eigenvalue weighted by molar-refractivity contribution is -0.144. The number of ether oxygens (including phenoxy) is 1. The summed E-state index contributed by atoms with van der Waals surface area (Å²) in [6.07, 6.45) is 1.59. The summed E-state index contributed by atoms with van der Waals surface area (Å²) in [7, 11) is 0. The number of hydrogen-bond acceptors (Lipinski definition) is 3. The number of esters is 1. The highest BCUT2D eigenvalue weighted by Crippen LogP contribution is 2.05. The Balaban J connectivity index is 3.48. The molecule has 0 radical (unpaired) electrons. The topological polar surface area (TPSA) is 43.4 Å². The molecule has 0 saturated carbocycles. The van der Waals surface area contributed by atoms with Crippen LogP contribution in [-0.4, -0.2) is 18.9 Å². The Hall–Kier alpha value is -0.860. The number of rotatable bonds is 5. The fourth-order valence-corrected chi connectivity index (χ4v) is 0.752. The van der Waals surface area contributed by atoms with E-state index in [4.69, 9.17) is 4.74 Å². The Labute approximate surface area is 66.7 Å². The van der Waals surface area contributed by atoms with E-state index >= 15 is 0 Å². The molecule has 3 nitrogen and oxygen atoms in total. The number of carbonyl (C=O) groups is 2. The third-order valence-corrected chi connectivity index (χ3v) is 1.32. The van der Waals surface area contributed by atoms with E-state index in [9.17, 15) is 9.59 Å². The van der Waals surface area contributed by atoms with Crippen molar-refractivity contribution in [3.05, 3.63) is 0 Å². The predicted molar refractivity (Wildman–Crippen MR) is 41.1 cm³/mol. The quantitative estimate of drug-likeness (QED) is 0.445. The van der Waals surface area contributed by atoms with Crippen LogP contribution in [0.5, 0.6) is 0 Å². The molecule has 0 aromatic heterocycles. The van der Waals surface area contributed by atoms with Crippen LogP contribution in [0, 0.1) is 5.92 Å². The van der Waals surface area contributed by atoms with Crippen LogP contribution in [0.2, 0.25) is 0 Å². The Morgan fingerprint density at radius 3 is 2.73 bits per heavy atom. The van der Waals surface area contributed by atoms with Gasteiger partial charge in [-0.1, -0.05) is 6.92 Å². The van der Waals surface area contributed by atoms with Gasteiger partial charge in [-0.3, -0.25) is 4.79 Å². The second kappa shape index (κ2) is 5.89. The molecule has 3 heteroatoms. The van der Waals surface area contributed by atoms with Gasteiger partial charge >= 0.3 is 5.97 Å². The normalized spacial score (nSPS) is 12.2. The zero-order valence-electron chi connectivity index (χ0n) is 7.00. The standard InChI is InChI=1S/C8H14O3/c1-3-11-8(10)6-7(2)4-5-9/h5,7H,3-4,6H2,1-2H3. The summed E-state index contributed by atoms with van der Waals surface area (Å²) in [5.74, 6) is -0.117. The maximum atomic E-state index is 10.8. The van der Waals surface area contributed by atoms with Crippen LogP contribution in [0.25, 0.3) is 0 Å². The van der Waals surface area contributed by atoms with Crippen molar-refractivity contribution in [3.63, 3.8) is 0 Å². The van der Waals surface area contributed by atoms with Crippen molar-refractivity contribution in [3.8, 4) is 0 Å². The number of hydrogen-bond donors (Lipinski definition) is 0. The van der Waals surface area contributed by atoms with Gasteiger partial charge in [-0.2, -0.15) is 0 Å². The molecule has 0 aliphatic heterocycles. The van der Waals surface area contributed by atoms with Crippen molar-refractivity contribution in [2.75, 3.05) is 6.61 Å². The minimum absolute atomic E-state index is 0.103. The van der Waals surface area contributed by atoms with Gasteiger partial charge in [0.1, 0.15) is 6.29 Å². The first-order chi connectivity index (χ1) is 5.20. The highest BCUT2D eigenvalue weighted by atomic mass is 16.5. The molecule has 0 fully saturated rings. The smallest absolute Gasteiger partial charge is 0.306 e. The minimum Gasteiger partial charge on any atom is -0.466 e. The van der Waals surface area contributed by atoms with Gasteiger partial charge in [0.15, 0.2) is 0 Å². The van der Waals surface area contributed by atoms with Crippen LogP contribution < -0.4 is 0 Å². The second-order valence-corrected chi connectivity index (χ2v) is 2.52. The molecule has 11 heavy (non-hydrogen) atoms. The molecule has 0 bridgehead atoms. The minimum atomic E-state index is -0.221. The summed E-state index contributed by atoms with van der Waals surface area (Å²) in [5.41, 5.74) is 0. The summed E-state index contributed by atoms with van der Waals surface area (Å²) in [5, 5.41) is 0. The lowest BCUT2D eigenvalue weighted by Gasteiger charge is -2.05. The van der Waals surface area contributed by atoms with Crippen molar-refractivity contribution in [1.29, 1.82) is 0 Å². The number of carbonyl (C=O) groups excluding carboxylic acids is 2. The molecule has 1 atom stereocenters.